The number of hydrogen-bond acceptors (Lipinski definition) is 5. The van der Waals surface area contributed by atoms with Crippen molar-refractivity contribution in [1.82, 2.24) is 13.8 Å². The molecule has 0 bridgehead atoms. The number of sulfonamides is 1. The van der Waals surface area contributed by atoms with Crippen molar-refractivity contribution in [3.8, 4) is 0 Å². The molecule has 9 heteroatoms. The zero-order valence-electron chi connectivity index (χ0n) is 18.6. The van der Waals surface area contributed by atoms with Gasteiger partial charge in [-0.15, -0.1) is 0 Å². The molecule has 2 aromatic carbocycles. The van der Waals surface area contributed by atoms with E-state index in [9.17, 15) is 18.0 Å². The maximum Gasteiger partial charge on any atom is 0.419 e. The fraction of sp³-hybridized carbons (Fsp3) is 0.417. The Balaban J connectivity index is 1.21. The number of rotatable bonds is 4. The number of piperidine rings is 1. The van der Waals surface area contributed by atoms with Crippen LogP contribution in [0.4, 0.5) is 0 Å². The number of oxazole rings is 1. The first-order valence-corrected chi connectivity index (χ1v) is 12.7. The molecule has 0 saturated carbocycles. The van der Waals surface area contributed by atoms with E-state index in [1.165, 1.54) is 32.1 Å². The first kappa shape index (κ1) is 21.9. The van der Waals surface area contributed by atoms with E-state index >= 15 is 0 Å². The zero-order chi connectivity index (χ0) is 23.2. The van der Waals surface area contributed by atoms with Gasteiger partial charge >= 0.3 is 5.76 Å². The number of fused-ring (bicyclic) bond motifs is 2. The average molecular weight is 470 g/mol. The normalized spacial score (nSPS) is 17.9. The third kappa shape index (κ3) is 4.11. The number of carbonyl (C=O) groups is 1. The van der Waals surface area contributed by atoms with Crippen molar-refractivity contribution < 1.29 is 17.6 Å². The van der Waals surface area contributed by atoms with Crippen molar-refractivity contribution in [3.63, 3.8) is 0 Å². The summed E-state index contributed by atoms with van der Waals surface area (Å²) < 4.78 is 34.2. The Morgan fingerprint density at radius 1 is 1.06 bits per heavy atom. The van der Waals surface area contributed by atoms with Crippen molar-refractivity contribution in [2.75, 3.05) is 19.6 Å². The quantitative estimate of drug-likeness (QED) is 0.585. The summed E-state index contributed by atoms with van der Waals surface area (Å²) in [5, 5.41) is 0. The van der Waals surface area contributed by atoms with E-state index in [2.05, 4.69) is 12.1 Å². The van der Waals surface area contributed by atoms with Gasteiger partial charge in [0.15, 0.2) is 5.58 Å². The molecular weight excluding hydrogens is 442 g/mol. The summed E-state index contributed by atoms with van der Waals surface area (Å²) in [6, 6.07) is 12.8. The first-order chi connectivity index (χ1) is 15.8. The molecule has 1 fully saturated rings. The third-order valence-electron chi connectivity index (χ3n) is 6.92. The lowest BCUT2D eigenvalue weighted by molar-refractivity contribution is -0.133. The van der Waals surface area contributed by atoms with Crippen LogP contribution in [-0.4, -0.2) is 47.7 Å². The molecule has 0 aliphatic carbocycles. The van der Waals surface area contributed by atoms with E-state index in [0.29, 0.717) is 44.4 Å². The Kier molecular flexibility index (Phi) is 5.62. The molecule has 1 amide bonds. The zero-order valence-corrected chi connectivity index (χ0v) is 19.4. The van der Waals surface area contributed by atoms with Gasteiger partial charge < -0.3 is 9.32 Å². The van der Waals surface area contributed by atoms with Crippen molar-refractivity contribution in [2.45, 2.75) is 37.1 Å². The molecule has 1 saturated heterocycles. The molecule has 2 aliphatic heterocycles. The highest BCUT2D eigenvalue weighted by Gasteiger charge is 2.32. The van der Waals surface area contributed by atoms with E-state index in [1.54, 1.807) is 13.1 Å². The number of aryl methyl sites for hydroxylation is 1. The minimum Gasteiger partial charge on any atom is -0.408 e. The average Bonchev–Trinajstić information content (AvgIpc) is 3.11. The highest BCUT2D eigenvalue weighted by molar-refractivity contribution is 7.89. The summed E-state index contributed by atoms with van der Waals surface area (Å²) in [7, 11) is -2.12. The van der Waals surface area contributed by atoms with Crippen molar-refractivity contribution in [1.29, 1.82) is 0 Å². The summed E-state index contributed by atoms with van der Waals surface area (Å²) >= 11 is 0. The van der Waals surface area contributed by atoms with Crippen LogP contribution in [0.15, 0.2) is 56.6 Å². The molecule has 0 unspecified atom stereocenters. The minimum atomic E-state index is -3.70. The topological polar surface area (TPSA) is 92.8 Å². The van der Waals surface area contributed by atoms with Gasteiger partial charge in [0.1, 0.15) is 0 Å². The van der Waals surface area contributed by atoms with Gasteiger partial charge in [0.25, 0.3) is 0 Å². The number of carbonyl (C=O) groups excluding carboxylic acids is 1. The lowest BCUT2D eigenvalue weighted by Gasteiger charge is -2.33. The molecule has 0 N–H and O–H groups in total. The van der Waals surface area contributed by atoms with Crippen LogP contribution < -0.4 is 5.76 Å². The molecule has 0 spiro atoms. The Morgan fingerprint density at radius 2 is 1.79 bits per heavy atom. The molecular formula is C24H27N3O5S. The van der Waals surface area contributed by atoms with Crippen LogP contribution in [0.2, 0.25) is 0 Å². The number of hydrogen-bond donors (Lipinski definition) is 0. The number of aromatic nitrogens is 1. The van der Waals surface area contributed by atoms with Gasteiger partial charge in [-0.05, 0) is 48.4 Å². The van der Waals surface area contributed by atoms with Gasteiger partial charge in [-0.25, -0.2) is 13.2 Å². The molecule has 3 heterocycles. The predicted molar refractivity (Wildman–Crippen MR) is 123 cm³/mol. The van der Waals surface area contributed by atoms with E-state index < -0.39 is 15.8 Å². The lowest BCUT2D eigenvalue weighted by Crippen LogP contribution is -2.41. The van der Waals surface area contributed by atoms with Gasteiger partial charge in [0, 0.05) is 45.7 Å². The highest BCUT2D eigenvalue weighted by atomic mass is 32.2. The van der Waals surface area contributed by atoms with Crippen LogP contribution in [0.5, 0.6) is 0 Å². The maximum atomic E-state index is 13.1. The van der Waals surface area contributed by atoms with Crippen LogP contribution in [0.1, 0.15) is 30.4 Å². The second-order valence-corrected chi connectivity index (χ2v) is 10.9. The van der Waals surface area contributed by atoms with Crippen LogP contribution in [0.25, 0.3) is 11.1 Å². The van der Waals surface area contributed by atoms with E-state index in [0.717, 1.165) is 13.0 Å². The van der Waals surface area contributed by atoms with Crippen LogP contribution in [0, 0.1) is 5.92 Å². The summed E-state index contributed by atoms with van der Waals surface area (Å²) in [5.74, 6) is -0.201. The fourth-order valence-electron chi connectivity index (χ4n) is 4.86. The van der Waals surface area contributed by atoms with Gasteiger partial charge in [-0.2, -0.15) is 4.31 Å². The third-order valence-corrected chi connectivity index (χ3v) is 8.82. The van der Waals surface area contributed by atoms with E-state index in [4.69, 9.17) is 4.42 Å². The van der Waals surface area contributed by atoms with Gasteiger partial charge in [-0.3, -0.25) is 9.36 Å². The largest absolute Gasteiger partial charge is 0.419 e. The number of amides is 1. The maximum absolute atomic E-state index is 13.1. The molecule has 1 aromatic heterocycles. The molecule has 8 nitrogen and oxygen atoms in total. The second kappa shape index (κ2) is 8.46. The molecule has 2 aliphatic rings. The fourth-order valence-corrected chi connectivity index (χ4v) is 6.35. The Labute approximate surface area is 192 Å². The predicted octanol–water partition coefficient (Wildman–Crippen LogP) is 2.51. The van der Waals surface area contributed by atoms with Crippen LogP contribution in [-0.2, 0) is 34.8 Å². The monoisotopic (exact) mass is 469 g/mol. The van der Waals surface area contributed by atoms with Gasteiger partial charge in [0.05, 0.1) is 10.4 Å². The van der Waals surface area contributed by atoms with Gasteiger partial charge in [-0.1, -0.05) is 24.3 Å². The summed E-state index contributed by atoms with van der Waals surface area (Å²) in [6.45, 7) is 2.14. The lowest BCUT2D eigenvalue weighted by atomic mass is 9.93. The minimum absolute atomic E-state index is 0.117. The first-order valence-electron chi connectivity index (χ1n) is 11.3. The van der Waals surface area contributed by atoms with Crippen molar-refractivity contribution in [2.24, 2.45) is 13.0 Å². The molecule has 33 heavy (non-hydrogen) atoms. The molecule has 5 rings (SSSR count). The Morgan fingerprint density at radius 3 is 2.55 bits per heavy atom. The number of nitrogens with zero attached hydrogens (tertiary/aromatic N) is 3. The molecule has 3 aromatic rings. The summed E-state index contributed by atoms with van der Waals surface area (Å²) in [5.41, 5.74) is 3.33. The van der Waals surface area contributed by atoms with E-state index in [1.807, 2.05) is 17.0 Å². The molecule has 174 valence electrons. The van der Waals surface area contributed by atoms with Crippen LogP contribution >= 0.6 is 0 Å². The SMILES string of the molecule is Cn1c(=O)oc2cc(S(=O)(=O)N3CCC(CC(=O)N4CCc5ccccc5C4)CC3)ccc21. The summed E-state index contributed by atoms with van der Waals surface area (Å²) in [6.07, 6.45) is 2.64. The number of benzene rings is 2. The molecule has 0 radical (unpaired) electrons. The van der Waals surface area contributed by atoms with Crippen LogP contribution in [0.3, 0.4) is 0 Å². The molecule has 0 atom stereocenters. The highest BCUT2D eigenvalue weighted by Crippen LogP contribution is 2.28. The Bertz CT molecular complexity index is 1370. The standard InChI is InChI=1S/C24H27N3O5S/c1-25-21-7-6-20(15-22(21)32-24(25)29)33(30,31)27-12-8-17(9-13-27)14-23(28)26-11-10-18-4-2-3-5-19(18)16-26/h2-7,15,17H,8-14,16H2,1H3. The van der Waals surface area contributed by atoms with Gasteiger partial charge in [0.2, 0.25) is 15.9 Å². The smallest absolute Gasteiger partial charge is 0.408 e. The Hall–Kier alpha value is -2.91. The summed E-state index contributed by atoms with van der Waals surface area (Å²) in [4.78, 5) is 26.6. The van der Waals surface area contributed by atoms with Crippen molar-refractivity contribution >= 4 is 27.0 Å². The van der Waals surface area contributed by atoms with E-state index in [-0.39, 0.29) is 22.3 Å². The van der Waals surface area contributed by atoms with Crippen molar-refractivity contribution in [3.05, 3.63) is 64.1 Å². The second-order valence-electron chi connectivity index (χ2n) is 8.94.